The van der Waals surface area contributed by atoms with Gasteiger partial charge in [-0.25, -0.2) is 18.1 Å². The number of benzene rings is 1. The second-order valence-electron chi connectivity index (χ2n) is 8.31. The molecule has 1 aromatic rings. The van der Waals surface area contributed by atoms with E-state index in [9.17, 15) is 18.1 Å². The van der Waals surface area contributed by atoms with Gasteiger partial charge in [0.15, 0.2) is 0 Å². The highest BCUT2D eigenvalue weighted by Gasteiger charge is 2.42. The summed E-state index contributed by atoms with van der Waals surface area (Å²) in [5, 5.41) is 2.57. The first-order valence-electron chi connectivity index (χ1n) is 10.7. The molecule has 3 rings (SSSR count). The second-order valence-corrected chi connectivity index (χ2v) is 10.9. The lowest BCUT2D eigenvalue weighted by Gasteiger charge is -2.44. The Balaban J connectivity index is 1.91. The van der Waals surface area contributed by atoms with Crippen LogP contribution in [0.1, 0.15) is 74.6 Å². The topological polar surface area (TPSA) is 52.7 Å². The predicted octanol–water partition coefficient (Wildman–Crippen LogP) is 5.33. The molecule has 2 aliphatic rings. The van der Waals surface area contributed by atoms with Crippen LogP contribution in [0, 0.1) is 11.6 Å². The Bertz CT molecular complexity index is 716. The van der Waals surface area contributed by atoms with E-state index in [1.54, 1.807) is 23.4 Å². The minimum absolute atomic E-state index is 0.0754. The van der Waals surface area contributed by atoms with E-state index < -0.39 is 30.7 Å². The Kier molecular flexibility index (Phi) is 7.47. The van der Waals surface area contributed by atoms with E-state index >= 15 is 0 Å². The van der Waals surface area contributed by atoms with Crippen molar-refractivity contribution in [1.82, 2.24) is 14.4 Å². The predicted molar refractivity (Wildman–Crippen MR) is 111 cm³/mol. The van der Waals surface area contributed by atoms with Gasteiger partial charge in [-0.2, -0.15) is 0 Å². The van der Waals surface area contributed by atoms with Gasteiger partial charge in [-0.3, -0.25) is 14.4 Å². The van der Waals surface area contributed by atoms with Crippen LogP contribution in [0.25, 0.3) is 0 Å². The van der Waals surface area contributed by atoms with E-state index in [0.29, 0.717) is 0 Å². The van der Waals surface area contributed by atoms with Crippen LogP contribution in [0.3, 0.4) is 0 Å². The molecule has 2 fully saturated rings. The van der Waals surface area contributed by atoms with E-state index in [1.165, 1.54) is 6.07 Å². The van der Waals surface area contributed by atoms with Crippen LogP contribution in [0.2, 0.25) is 0 Å². The van der Waals surface area contributed by atoms with E-state index in [0.717, 1.165) is 76.3 Å². The van der Waals surface area contributed by atoms with Crippen molar-refractivity contribution in [3.63, 3.8) is 0 Å². The molecule has 29 heavy (non-hydrogen) atoms. The number of carbonyl (C=O) groups excluding carboxylic acids is 1. The molecule has 0 heterocycles. The number of hydrogen-bond acceptors (Lipinski definition) is 2. The normalized spacial score (nSPS) is 19.7. The first-order chi connectivity index (χ1) is 13.8. The maximum absolute atomic E-state index is 14.3. The SMILES string of the molecule is CN(C1CCCCC1)P(=O)(NC(=O)c1c(F)cccc1F)N(C)C1CCCCC1. The highest BCUT2D eigenvalue weighted by atomic mass is 31.2. The Labute approximate surface area is 172 Å². The quantitative estimate of drug-likeness (QED) is 0.624. The Morgan fingerprint density at radius 3 is 1.72 bits per heavy atom. The van der Waals surface area contributed by atoms with Crippen molar-refractivity contribution < 1.29 is 18.1 Å². The standard InChI is InChI=1S/C21H32F2N3O2P/c1-25(16-10-5-3-6-11-16)29(28,26(2)17-12-7-4-8-13-17)24-21(27)20-18(22)14-9-15-19(20)23/h9,14-17H,3-8,10-13H2,1-2H3,(H,24,27,28). The zero-order valence-corrected chi connectivity index (χ0v) is 18.3. The Hall–Kier alpha value is -1.30. The van der Waals surface area contributed by atoms with Crippen molar-refractivity contribution in [1.29, 1.82) is 0 Å². The third kappa shape index (κ3) is 4.89. The zero-order chi connectivity index (χ0) is 21.0. The van der Waals surface area contributed by atoms with E-state index in [1.807, 2.05) is 0 Å². The Morgan fingerprint density at radius 2 is 1.31 bits per heavy atom. The monoisotopic (exact) mass is 427 g/mol. The van der Waals surface area contributed by atoms with Crippen molar-refractivity contribution in [3.05, 3.63) is 35.4 Å². The zero-order valence-electron chi connectivity index (χ0n) is 17.4. The molecule has 0 atom stereocenters. The number of halogens is 2. The summed E-state index contributed by atoms with van der Waals surface area (Å²) < 4.78 is 46.2. The summed E-state index contributed by atoms with van der Waals surface area (Å²) in [6.45, 7) is 0. The molecule has 0 aromatic heterocycles. The molecule has 5 nitrogen and oxygen atoms in total. The average Bonchev–Trinajstić information content (AvgIpc) is 2.73. The first kappa shape index (κ1) is 22.4. The molecular weight excluding hydrogens is 395 g/mol. The molecule has 0 bridgehead atoms. The van der Waals surface area contributed by atoms with Gasteiger partial charge in [0.25, 0.3) is 5.91 Å². The largest absolute Gasteiger partial charge is 0.311 e. The molecule has 1 amide bonds. The summed E-state index contributed by atoms with van der Waals surface area (Å²) in [5.41, 5.74) is -0.679. The molecule has 0 saturated heterocycles. The highest BCUT2D eigenvalue weighted by molar-refractivity contribution is 7.57. The molecular formula is C21H32F2N3O2P. The molecule has 0 spiro atoms. The molecule has 0 radical (unpaired) electrons. The van der Waals surface area contributed by atoms with E-state index in [2.05, 4.69) is 5.09 Å². The second kappa shape index (κ2) is 9.67. The van der Waals surface area contributed by atoms with Gasteiger partial charge in [-0.1, -0.05) is 44.6 Å². The summed E-state index contributed by atoms with van der Waals surface area (Å²) in [6, 6.07) is 3.44. The molecule has 0 aliphatic heterocycles. The van der Waals surface area contributed by atoms with Crippen LogP contribution >= 0.6 is 7.59 Å². The number of nitrogens with one attached hydrogen (secondary N) is 1. The van der Waals surface area contributed by atoms with Gasteiger partial charge in [0.05, 0.1) is 0 Å². The molecule has 1 N–H and O–H groups in total. The summed E-state index contributed by atoms with van der Waals surface area (Å²) in [6.07, 6.45) is 10.1. The van der Waals surface area contributed by atoms with Crippen LogP contribution in [-0.4, -0.2) is 41.4 Å². The van der Waals surface area contributed by atoms with Gasteiger partial charge >= 0.3 is 7.59 Å². The van der Waals surface area contributed by atoms with Crippen LogP contribution < -0.4 is 5.09 Å². The fourth-order valence-electron chi connectivity index (χ4n) is 4.64. The van der Waals surface area contributed by atoms with Crippen molar-refractivity contribution in [2.45, 2.75) is 76.3 Å². The van der Waals surface area contributed by atoms with E-state index in [4.69, 9.17) is 0 Å². The summed E-state index contributed by atoms with van der Waals surface area (Å²) >= 11 is 0. The van der Waals surface area contributed by atoms with Crippen LogP contribution in [0.5, 0.6) is 0 Å². The number of rotatable bonds is 6. The van der Waals surface area contributed by atoms with Gasteiger partial charge < -0.3 is 0 Å². The van der Waals surface area contributed by atoms with Crippen LogP contribution in [-0.2, 0) is 4.57 Å². The summed E-state index contributed by atoms with van der Waals surface area (Å²) in [4.78, 5) is 12.9. The minimum Gasteiger partial charge on any atom is -0.278 e. The van der Waals surface area contributed by atoms with Crippen molar-refractivity contribution in [3.8, 4) is 0 Å². The fourth-order valence-corrected chi connectivity index (χ4v) is 7.12. The number of carbonyl (C=O) groups is 1. The van der Waals surface area contributed by atoms with Crippen LogP contribution in [0.4, 0.5) is 8.78 Å². The maximum atomic E-state index is 14.3. The molecule has 2 saturated carbocycles. The smallest absolute Gasteiger partial charge is 0.278 e. The lowest BCUT2D eigenvalue weighted by Crippen LogP contribution is -2.46. The Morgan fingerprint density at radius 1 is 0.897 bits per heavy atom. The first-order valence-corrected chi connectivity index (χ1v) is 12.3. The molecule has 8 heteroatoms. The maximum Gasteiger partial charge on any atom is 0.311 e. The van der Waals surface area contributed by atoms with Gasteiger partial charge in [0.2, 0.25) is 0 Å². The van der Waals surface area contributed by atoms with Gasteiger partial charge in [-0.05, 0) is 51.9 Å². The number of nitrogens with zero attached hydrogens (tertiary/aromatic N) is 2. The summed E-state index contributed by atoms with van der Waals surface area (Å²) in [7, 11) is -0.0221. The van der Waals surface area contributed by atoms with Crippen molar-refractivity contribution in [2.75, 3.05) is 14.1 Å². The van der Waals surface area contributed by atoms with Gasteiger partial charge in [0.1, 0.15) is 17.2 Å². The van der Waals surface area contributed by atoms with Crippen molar-refractivity contribution in [2.24, 2.45) is 0 Å². The van der Waals surface area contributed by atoms with Crippen molar-refractivity contribution >= 4 is 13.5 Å². The van der Waals surface area contributed by atoms with Gasteiger partial charge in [-0.15, -0.1) is 0 Å². The molecule has 0 unspecified atom stereocenters. The third-order valence-corrected chi connectivity index (χ3v) is 9.36. The van der Waals surface area contributed by atoms with E-state index in [-0.39, 0.29) is 12.1 Å². The lowest BCUT2D eigenvalue weighted by molar-refractivity contribution is 0.0962. The lowest BCUT2D eigenvalue weighted by atomic mass is 9.96. The third-order valence-electron chi connectivity index (χ3n) is 6.50. The minimum atomic E-state index is -3.57. The fraction of sp³-hybridized carbons (Fsp3) is 0.667. The summed E-state index contributed by atoms with van der Waals surface area (Å²) in [5.74, 6) is -2.86. The molecule has 162 valence electrons. The molecule has 1 aromatic carbocycles. The number of hydrogen-bond donors (Lipinski definition) is 1. The van der Waals surface area contributed by atoms with Gasteiger partial charge in [0, 0.05) is 12.1 Å². The highest BCUT2D eigenvalue weighted by Crippen LogP contribution is 2.53. The average molecular weight is 427 g/mol. The molecule has 2 aliphatic carbocycles. The number of amides is 1. The van der Waals surface area contributed by atoms with Crippen LogP contribution in [0.15, 0.2) is 18.2 Å².